The van der Waals surface area contributed by atoms with Crippen LogP contribution in [0.1, 0.15) is 40.2 Å². The van der Waals surface area contributed by atoms with Gasteiger partial charge in [0, 0.05) is 28.3 Å². The van der Waals surface area contributed by atoms with Gasteiger partial charge in [-0.15, -0.1) is 0 Å². The maximum Gasteiger partial charge on any atom is 0.296 e. The van der Waals surface area contributed by atoms with E-state index in [1.54, 1.807) is 43.3 Å². The van der Waals surface area contributed by atoms with Crippen molar-refractivity contribution in [1.29, 1.82) is 0 Å². The molecule has 28 heavy (non-hydrogen) atoms. The van der Waals surface area contributed by atoms with Gasteiger partial charge in [-0.25, -0.2) is 9.53 Å². The molecule has 0 spiro atoms. The molecule has 1 aromatic heterocycles. The third-order valence-corrected chi connectivity index (χ3v) is 5.02. The number of hydrogen-bond acceptors (Lipinski definition) is 3. The summed E-state index contributed by atoms with van der Waals surface area (Å²) in [5.41, 5.74) is 1.80. The van der Waals surface area contributed by atoms with Gasteiger partial charge in [0.05, 0.1) is 11.4 Å². The van der Waals surface area contributed by atoms with Gasteiger partial charge in [-0.3, -0.25) is 9.52 Å². The van der Waals surface area contributed by atoms with E-state index in [0.29, 0.717) is 16.3 Å². The molecular formula is C19H17ClFN3O3S. The second kappa shape index (κ2) is 7.75. The fourth-order valence-corrected chi connectivity index (χ4v) is 3.40. The smallest absolute Gasteiger partial charge is 0.296 e. The van der Waals surface area contributed by atoms with E-state index in [2.05, 4.69) is 9.71 Å². The van der Waals surface area contributed by atoms with Crippen molar-refractivity contribution in [3.05, 3.63) is 88.0 Å². The molecule has 1 atom stereocenters. The SMILES string of the molecule is CC(c1ccc(NS(N)(=O)=O)cc1)c1[nH]c(C(=O)c2ccc(Cl)cc2)cc1F. The number of nitrogens with one attached hydrogen (secondary N) is 2. The van der Waals surface area contributed by atoms with Crippen LogP contribution in [0.5, 0.6) is 0 Å². The number of nitrogens with two attached hydrogens (primary N) is 1. The normalized spacial score (nSPS) is 12.6. The first-order valence-corrected chi connectivity index (χ1v) is 10.2. The molecule has 1 unspecified atom stereocenters. The molecule has 6 nitrogen and oxygen atoms in total. The molecule has 3 aromatic rings. The number of benzene rings is 2. The quantitative estimate of drug-likeness (QED) is 0.527. The van der Waals surface area contributed by atoms with Gasteiger partial charge in [0.2, 0.25) is 5.78 Å². The highest BCUT2D eigenvalue weighted by Crippen LogP contribution is 2.28. The van der Waals surface area contributed by atoms with Gasteiger partial charge in [-0.2, -0.15) is 8.42 Å². The fraction of sp³-hybridized carbons (Fsp3) is 0.105. The lowest BCUT2D eigenvalue weighted by molar-refractivity contribution is 0.103. The highest BCUT2D eigenvalue weighted by molar-refractivity contribution is 7.90. The van der Waals surface area contributed by atoms with E-state index in [4.69, 9.17) is 16.7 Å². The van der Waals surface area contributed by atoms with E-state index in [1.165, 1.54) is 18.2 Å². The Bertz CT molecular complexity index is 1110. The molecule has 2 aromatic carbocycles. The predicted molar refractivity (Wildman–Crippen MR) is 106 cm³/mol. The molecule has 4 N–H and O–H groups in total. The van der Waals surface area contributed by atoms with Crippen LogP contribution >= 0.6 is 11.6 Å². The zero-order chi connectivity index (χ0) is 20.5. The van der Waals surface area contributed by atoms with Crippen LogP contribution < -0.4 is 9.86 Å². The Morgan fingerprint density at radius 1 is 1.14 bits per heavy atom. The molecule has 0 amide bonds. The number of halogens is 2. The summed E-state index contributed by atoms with van der Waals surface area (Å²) < 4.78 is 38.8. The molecule has 3 rings (SSSR count). The Hall–Kier alpha value is -2.68. The maximum absolute atomic E-state index is 14.5. The molecule has 0 bridgehead atoms. The molecule has 9 heteroatoms. The second-order valence-electron chi connectivity index (χ2n) is 6.27. The Labute approximate surface area is 166 Å². The lowest BCUT2D eigenvalue weighted by Gasteiger charge is -2.12. The van der Waals surface area contributed by atoms with Crippen LogP contribution in [0.25, 0.3) is 0 Å². The molecule has 1 heterocycles. The fourth-order valence-electron chi connectivity index (χ4n) is 2.81. The molecule has 146 valence electrons. The number of anilines is 1. The monoisotopic (exact) mass is 421 g/mol. The molecule has 0 radical (unpaired) electrons. The average Bonchev–Trinajstić information content (AvgIpc) is 3.02. The van der Waals surface area contributed by atoms with E-state index in [0.717, 1.165) is 5.56 Å². The minimum atomic E-state index is -3.87. The topological polar surface area (TPSA) is 105 Å². The van der Waals surface area contributed by atoms with Gasteiger partial charge in [0.1, 0.15) is 5.82 Å². The number of ketones is 1. The van der Waals surface area contributed by atoms with Gasteiger partial charge < -0.3 is 4.98 Å². The summed E-state index contributed by atoms with van der Waals surface area (Å²) in [6, 6.07) is 13.8. The van der Waals surface area contributed by atoms with Crippen molar-refractivity contribution in [2.45, 2.75) is 12.8 Å². The number of aromatic amines is 1. The lowest BCUT2D eigenvalue weighted by atomic mass is 9.97. The van der Waals surface area contributed by atoms with Crippen molar-refractivity contribution in [1.82, 2.24) is 4.98 Å². The number of carbonyl (C=O) groups is 1. The molecule has 0 aliphatic heterocycles. The van der Waals surface area contributed by atoms with Gasteiger partial charge in [0.15, 0.2) is 0 Å². The third kappa shape index (κ3) is 4.59. The highest BCUT2D eigenvalue weighted by Gasteiger charge is 2.20. The number of rotatable bonds is 6. The van der Waals surface area contributed by atoms with E-state index in [-0.39, 0.29) is 17.2 Å². The summed E-state index contributed by atoms with van der Waals surface area (Å²) in [6.45, 7) is 1.77. The van der Waals surface area contributed by atoms with Crippen molar-refractivity contribution < 1.29 is 17.6 Å². The number of hydrogen-bond donors (Lipinski definition) is 3. The van der Waals surface area contributed by atoms with Crippen LogP contribution in [0.3, 0.4) is 0 Å². The largest absolute Gasteiger partial charge is 0.353 e. The van der Waals surface area contributed by atoms with Crippen LogP contribution in [0.2, 0.25) is 5.02 Å². The predicted octanol–water partition coefficient (Wildman–Crippen LogP) is 3.81. The zero-order valence-corrected chi connectivity index (χ0v) is 16.3. The van der Waals surface area contributed by atoms with Crippen LogP contribution in [0, 0.1) is 5.82 Å². The standard InChI is InChI=1S/C19H17ClFN3O3S/c1-11(12-4-8-15(9-5-12)24-28(22,26)27)18-16(21)10-17(23-18)19(25)13-2-6-14(20)7-3-13/h2-11,23-24H,1H3,(H2,22,26,27). The number of H-pyrrole nitrogens is 1. The molecule has 0 aliphatic carbocycles. The maximum atomic E-state index is 14.5. The summed E-state index contributed by atoms with van der Waals surface area (Å²) in [5, 5.41) is 5.43. The first kappa shape index (κ1) is 20.1. The lowest BCUT2D eigenvalue weighted by Crippen LogP contribution is -2.21. The van der Waals surface area contributed by atoms with Gasteiger partial charge >= 0.3 is 0 Å². The minimum Gasteiger partial charge on any atom is -0.353 e. The van der Waals surface area contributed by atoms with Crippen LogP contribution in [-0.4, -0.2) is 19.2 Å². The molecule has 0 aliphatic rings. The summed E-state index contributed by atoms with van der Waals surface area (Å²) >= 11 is 5.82. The van der Waals surface area contributed by atoms with E-state index in [9.17, 15) is 17.6 Å². The van der Waals surface area contributed by atoms with Crippen LogP contribution in [0.4, 0.5) is 10.1 Å². The summed E-state index contributed by atoms with van der Waals surface area (Å²) in [6.07, 6.45) is 0. The van der Waals surface area contributed by atoms with Crippen molar-refractivity contribution in [3.63, 3.8) is 0 Å². The van der Waals surface area contributed by atoms with E-state index < -0.39 is 21.9 Å². The molecular weight excluding hydrogens is 405 g/mol. The first-order chi connectivity index (χ1) is 13.1. The highest BCUT2D eigenvalue weighted by atomic mass is 35.5. The zero-order valence-electron chi connectivity index (χ0n) is 14.7. The summed E-state index contributed by atoms with van der Waals surface area (Å²) in [4.78, 5) is 15.4. The average molecular weight is 422 g/mol. The van der Waals surface area contributed by atoms with Gasteiger partial charge in [-0.05, 0) is 42.0 Å². The Morgan fingerprint density at radius 2 is 1.75 bits per heavy atom. The molecule has 0 saturated carbocycles. The number of carbonyl (C=O) groups excluding carboxylic acids is 1. The molecule has 0 fully saturated rings. The van der Waals surface area contributed by atoms with Gasteiger partial charge in [-0.1, -0.05) is 30.7 Å². The summed E-state index contributed by atoms with van der Waals surface area (Å²) in [5.74, 6) is -1.27. The van der Waals surface area contributed by atoms with Crippen molar-refractivity contribution in [3.8, 4) is 0 Å². The van der Waals surface area contributed by atoms with Crippen molar-refractivity contribution >= 4 is 33.3 Å². The van der Waals surface area contributed by atoms with Crippen molar-refractivity contribution in [2.75, 3.05) is 4.72 Å². The first-order valence-electron chi connectivity index (χ1n) is 8.23. The number of aromatic nitrogens is 1. The Morgan fingerprint density at radius 3 is 2.32 bits per heavy atom. The second-order valence-corrected chi connectivity index (χ2v) is 8.00. The van der Waals surface area contributed by atoms with Crippen LogP contribution in [0.15, 0.2) is 54.6 Å². The Balaban J connectivity index is 1.84. The van der Waals surface area contributed by atoms with Crippen LogP contribution in [-0.2, 0) is 10.2 Å². The van der Waals surface area contributed by atoms with Gasteiger partial charge in [0.25, 0.3) is 10.2 Å². The minimum absolute atomic E-state index is 0.134. The van der Waals surface area contributed by atoms with Crippen molar-refractivity contribution in [2.24, 2.45) is 5.14 Å². The Kier molecular flexibility index (Phi) is 5.55. The van der Waals surface area contributed by atoms with E-state index >= 15 is 0 Å². The molecule has 0 saturated heterocycles. The van der Waals surface area contributed by atoms with E-state index in [1.807, 2.05) is 0 Å². The summed E-state index contributed by atoms with van der Waals surface area (Å²) in [7, 11) is -3.87. The third-order valence-electron chi connectivity index (χ3n) is 4.25.